The van der Waals surface area contributed by atoms with Crippen molar-refractivity contribution in [2.45, 2.75) is 4.90 Å². The standard InChI is InChI=1S/C12H14FNO3S/c13-10-1-3-11(4-2-10)18(16)9-12(15)14-5-7-17-8-6-14/h1-4,9,16H,5-8H2. The molecule has 6 heteroatoms. The summed E-state index contributed by atoms with van der Waals surface area (Å²) in [5.74, 6) is -0.580. The summed E-state index contributed by atoms with van der Waals surface area (Å²) < 4.78 is 27.8. The topological polar surface area (TPSA) is 49.8 Å². The molecule has 1 aliphatic heterocycles. The van der Waals surface area contributed by atoms with E-state index in [1.807, 2.05) is 0 Å². The maximum absolute atomic E-state index is 12.7. The highest BCUT2D eigenvalue weighted by Gasteiger charge is 2.15. The molecule has 1 heterocycles. The highest BCUT2D eigenvalue weighted by Crippen LogP contribution is 2.21. The van der Waals surface area contributed by atoms with Crippen LogP contribution >= 0.6 is 10.8 Å². The van der Waals surface area contributed by atoms with Gasteiger partial charge >= 0.3 is 0 Å². The van der Waals surface area contributed by atoms with Crippen molar-refractivity contribution < 1.29 is 18.5 Å². The molecule has 0 aromatic heterocycles. The predicted molar refractivity (Wildman–Crippen MR) is 68.3 cm³/mol. The first-order chi connectivity index (χ1) is 8.66. The van der Waals surface area contributed by atoms with Gasteiger partial charge in [0.05, 0.1) is 18.6 Å². The first-order valence-corrected chi connectivity index (χ1v) is 6.80. The number of carbonyl (C=O) groups is 1. The fourth-order valence-electron chi connectivity index (χ4n) is 1.60. The minimum absolute atomic E-state index is 0.214. The monoisotopic (exact) mass is 271 g/mol. The molecule has 1 aliphatic rings. The average Bonchev–Trinajstić information content (AvgIpc) is 2.40. The minimum Gasteiger partial charge on any atom is -0.378 e. The molecule has 1 saturated heterocycles. The van der Waals surface area contributed by atoms with Crippen LogP contribution in [0.3, 0.4) is 0 Å². The number of hydrogen-bond donors (Lipinski definition) is 1. The number of hydrogen-bond acceptors (Lipinski definition) is 3. The number of ether oxygens (including phenoxy) is 1. The van der Waals surface area contributed by atoms with E-state index >= 15 is 0 Å². The van der Waals surface area contributed by atoms with Gasteiger partial charge in [-0.05, 0) is 35.0 Å². The maximum Gasteiger partial charge on any atom is 0.254 e. The quantitative estimate of drug-likeness (QED) is 0.831. The van der Waals surface area contributed by atoms with Crippen molar-refractivity contribution >= 4 is 22.0 Å². The predicted octanol–water partition coefficient (Wildman–Crippen LogP) is 1.59. The molecule has 4 nitrogen and oxygen atoms in total. The Bertz CT molecular complexity index is 455. The summed E-state index contributed by atoms with van der Waals surface area (Å²) in [6.07, 6.45) is 0. The molecular weight excluding hydrogens is 257 g/mol. The second kappa shape index (κ2) is 6.08. The van der Waals surface area contributed by atoms with E-state index < -0.39 is 10.8 Å². The number of halogens is 1. The lowest BCUT2D eigenvalue weighted by molar-refractivity contribution is -0.127. The molecular formula is C12H14FNO3S. The van der Waals surface area contributed by atoms with E-state index in [0.717, 1.165) is 0 Å². The van der Waals surface area contributed by atoms with Gasteiger partial charge in [-0.25, -0.2) is 4.39 Å². The Hall–Kier alpha value is -1.24. The Morgan fingerprint density at radius 3 is 2.56 bits per heavy atom. The zero-order valence-corrected chi connectivity index (χ0v) is 10.5. The van der Waals surface area contributed by atoms with Crippen LogP contribution in [-0.4, -0.2) is 47.0 Å². The van der Waals surface area contributed by atoms with Gasteiger partial charge in [0.25, 0.3) is 5.91 Å². The summed E-state index contributed by atoms with van der Waals surface area (Å²) in [6.45, 7) is 2.12. The Balaban J connectivity index is 2.07. The number of morpholine rings is 1. The summed E-state index contributed by atoms with van der Waals surface area (Å²) in [5, 5.41) is 1.26. The van der Waals surface area contributed by atoms with Crippen LogP contribution in [0, 0.1) is 5.82 Å². The van der Waals surface area contributed by atoms with E-state index in [-0.39, 0.29) is 11.7 Å². The number of nitrogens with zero attached hydrogens (tertiary/aromatic N) is 1. The smallest absolute Gasteiger partial charge is 0.254 e. The molecule has 0 saturated carbocycles. The highest BCUT2D eigenvalue weighted by molar-refractivity contribution is 8.11. The van der Waals surface area contributed by atoms with Gasteiger partial charge in [-0.15, -0.1) is 0 Å². The van der Waals surface area contributed by atoms with Crippen LogP contribution < -0.4 is 0 Å². The zero-order valence-electron chi connectivity index (χ0n) is 9.71. The van der Waals surface area contributed by atoms with E-state index in [2.05, 4.69) is 0 Å². The molecule has 1 aromatic rings. The van der Waals surface area contributed by atoms with Gasteiger partial charge in [0, 0.05) is 18.0 Å². The fourth-order valence-corrected chi connectivity index (χ4v) is 2.49. The molecule has 1 aromatic carbocycles. The summed E-state index contributed by atoms with van der Waals surface area (Å²) in [4.78, 5) is 14.0. The van der Waals surface area contributed by atoms with E-state index in [4.69, 9.17) is 4.74 Å². The zero-order chi connectivity index (χ0) is 13.0. The Kier molecular flexibility index (Phi) is 4.46. The first-order valence-electron chi connectivity index (χ1n) is 5.56. The molecule has 0 bridgehead atoms. The van der Waals surface area contributed by atoms with Crippen molar-refractivity contribution in [2.75, 3.05) is 26.3 Å². The number of amides is 1. The van der Waals surface area contributed by atoms with Crippen molar-refractivity contribution in [3.8, 4) is 0 Å². The number of benzene rings is 1. The maximum atomic E-state index is 12.7. The molecule has 1 atom stereocenters. The fraction of sp³-hybridized carbons (Fsp3) is 0.333. The lowest BCUT2D eigenvalue weighted by Gasteiger charge is -2.25. The first kappa shape index (κ1) is 13.2. The normalized spacial score (nSPS) is 17.8. The molecule has 1 fully saturated rings. The molecule has 2 rings (SSSR count). The molecule has 0 aliphatic carbocycles. The van der Waals surface area contributed by atoms with Gasteiger partial charge < -0.3 is 14.2 Å². The van der Waals surface area contributed by atoms with Gasteiger partial charge in [0.15, 0.2) is 0 Å². The van der Waals surface area contributed by atoms with Crippen LogP contribution in [0.2, 0.25) is 0 Å². The van der Waals surface area contributed by atoms with Crippen molar-refractivity contribution in [2.24, 2.45) is 0 Å². The third-order valence-corrected chi connectivity index (χ3v) is 3.77. The molecule has 18 heavy (non-hydrogen) atoms. The largest absolute Gasteiger partial charge is 0.378 e. The molecule has 1 unspecified atom stereocenters. The summed E-state index contributed by atoms with van der Waals surface area (Å²) in [7, 11) is -1.30. The molecule has 0 spiro atoms. The number of carbonyl (C=O) groups excluding carboxylic acids is 1. The van der Waals surface area contributed by atoms with Crippen LogP contribution in [0.4, 0.5) is 4.39 Å². The lowest BCUT2D eigenvalue weighted by atomic mass is 10.4. The van der Waals surface area contributed by atoms with Gasteiger partial charge in [-0.2, -0.15) is 0 Å². The van der Waals surface area contributed by atoms with Crippen LogP contribution in [0.1, 0.15) is 0 Å². The van der Waals surface area contributed by atoms with E-state index in [1.54, 1.807) is 4.90 Å². The second-order valence-corrected chi connectivity index (χ2v) is 5.16. The molecule has 1 amide bonds. The van der Waals surface area contributed by atoms with E-state index in [1.165, 1.54) is 29.6 Å². The van der Waals surface area contributed by atoms with Gasteiger partial charge in [0.1, 0.15) is 5.82 Å². The Morgan fingerprint density at radius 2 is 1.94 bits per heavy atom. The van der Waals surface area contributed by atoms with Gasteiger partial charge in [-0.1, -0.05) is 0 Å². The SMILES string of the molecule is O=C(C=S(O)c1ccc(F)cc1)N1CCOCC1. The average molecular weight is 271 g/mol. The van der Waals surface area contributed by atoms with Gasteiger partial charge in [0.2, 0.25) is 0 Å². The molecule has 98 valence electrons. The third kappa shape index (κ3) is 3.38. The van der Waals surface area contributed by atoms with Crippen LogP contribution in [0.15, 0.2) is 29.2 Å². The van der Waals surface area contributed by atoms with E-state index in [0.29, 0.717) is 31.2 Å². The summed E-state index contributed by atoms with van der Waals surface area (Å²) in [6, 6.07) is 5.47. The highest BCUT2D eigenvalue weighted by atomic mass is 32.2. The van der Waals surface area contributed by atoms with Crippen molar-refractivity contribution in [3.05, 3.63) is 30.1 Å². The number of rotatable bonds is 2. The second-order valence-electron chi connectivity index (χ2n) is 3.82. The van der Waals surface area contributed by atoms with Gasteiger partial charge in [-0.3, -0.25) is 4.79 Å². The van der Waals surface area contributed by atoms with Crippen LogP contribution in [0.25, 0.3) is 0 Å². The van der Waals surface area contributed by atoms with Crippen molar-refractivity contribution in [1.29, 1.82) is 0 Å². The van der Waals surface area contributed by atoms with Crippen molar-refractivity contribution in [1.82, 2.24) is 4.90 Å². The van der Waals surface area contributed by atoms with E-state index in [9.17, 15) is 13.7 Å². The molecule has 1 N–H and O–H groups in total. The third-order valence-electron chi connectivity index (χ3n) is 2.59. The Morgan fingerprint density at radius 1 is 1.33 bits per heavy atom. The summed E-state index contributed by atoms with van der Waals surface area (Å²) in [5.41, 5.74) is 0. The van der Waals surface area contributed by atoms with Crippen molar-refractivity contribution in [3.63, 3.8) is 0 Å². The Labute approximate surface area is 107 Å². The lowest BCUT2D eigenvalue weighted by Crippen LogP contribution is -2.41. The van der Waals surface area contributed by atoms with Crippen LogP contribution in [-0.2, 0) is 9.53 Å². The molecule has 0 radical (unpaired) electrons. The summed E-state index contributed by atoms with van der Waals surface area (Å²) >= 11 is 0. The minimum atomic E-state index is -1.30. The van der Waals surface area contributed by atoms with Crippen LogP contribution in [0.5, 0.6) is 0 Å².